The summed E-state index contributed by atoms with van der Waals surface area (Å²) in [5.74, 6) is 0.340. The minimum atomic E-state index is -0.506. The molecule has 104 valence electrons. The van der Waals surface area contributed by atoms with Gasteiger partial charge in [-0.25, -0.2) is 4.98 Å². The zero-order valence-electron chi connectivity index (χ0n) is 10.7. The Morgan fingerprint density at radius 3 is 2.70 bits per heavy atom. The van der Waals surface area contributed by atoms with Crippen molar-refractivity contribution in [1.29, 1.82) is 0 Å². The number of nitrogen functional groups attached to an aromatic ring is 1. The summed E-state index contributed by atoms with van der Waals surface area (Å²) in [6.07, 6.45) is 0. The van der Waals surface area contributed by atoms with Crippen LogP contribution >= 0.6 is 11.6 Å². The first kappa shape index (κ1) is 14.1. The van der Waals surface area contributed by atoms with Gasteiger partial charge in [0.25, 0.3) is 0 Å². The molecule has 2 aromatic rings. The van der Waals surface area contributed by atoms with Crippen molar-refractivity contribution in [2.75, 3.05) is 11.1 Å². The molecule has 0 spiro atoms. The van der Waals surface area contributed by atoms with E-state index in [1.165, 1.54) is 12.1 Å². The minimum Gasteiger partial charge on any atom is -0.384 e. The van der Waals surface area contributed by atoms with Crippen LogP contribution in [-0.2, 0) is 0 Å². The standard InChI is InChI=1S/C13H13ClN4O2/c1-8(9-4-2-3-5-10(9)14)16-13-11(18(19)20)6-7-12(15)17-13/h2-8H,1H3,(H3,15,16,17). The average molecular weight is 293 g/mol. The number of aromatic nitrogens is 1. The van der Waals surface area contributed by atoms with Crippen LogP contribution in [0.1, 0.15) is 18.5 Å². The molecule has 1 aromatic heterocycles. The lowest BCUT2D eigenvalue weighted by Gasteiger charge is -2.16. The van der Waals surface area contributed by atoms with E-state index in [0.717, 1.165) is 5.56 Å². The number of anilines is 2. The van der Waals surface area contributed by atoms with Crippen LogP contribution in [0.15, 0.2) is 36.4 Å². The number of hydrogen-bond donors (Lipinski definition) is 2. The van der Waals surface area contributed by atoms with Gasteiger partial charge in [0.05, 0.1) is 11.0 Å². The van der Waals surface area contributed by atoms with Crippen LogP contribution in [0.5, 0.6) is 0 Å². The third kappa shape index (κ3) is 2.97. The molecule has 0 amide bonds. The number of nitrogens with one attached hydrogen (secondary N) is 1. The van der Waals surface area contributed by atoms with Gasteiger partial charge in [-0.2, -0.15) is 0 Å². The normalized spacial score (nSPS) is 11.9. The van der Waals surface area contributed by atoms with Crippen molar-refractivity contribution in [3.63, 3.8) is 0 Å². The summed E-state index contributed by atoms with van der Waals surface area (Å²) in [4.78, 5) is 14.4. The van der Waals surface area contributed by atoms with E-state index in [1.54, 1.807) is 6.07 Å². The second kappa shape index (κ2) is 5.75. The first-order chi connectivity index (χ1) is 9.49. The molecule has 1 heterocycles. The van der Waals surface area contributed by atoms with Crippen molar-refractivity contribution in [3.8, 4) is 0 Å². The van der Waals surface area contributed by atoms with Gasteiger partial charge >= 0.3 is 5.69 Å². The van der Waals surface area contributed by atoms with E-state index >= 15 is 0 Å². The minimum absolute atomic E-state index is 0.127. The molecule has 3 N–H and O–H groups in total. The van der Waals surface area contributed by atoms with Crippen LogP contribution < -0.4 is 11.1 Å². The highest BCUT2D eigenvalue weighted by Crippen LogP contribution is 2.29. The van der Waals surface area contributed by atoms with Crippen LogP contribution in [0.4, 0.5) is 17.3 Å². The van der Waals surface area contributed by atoms with E-state index in [1.807, 2.05) is 25.1 Å². The summed E-state index contributed by atoms with van der Waals surface area (Å²) in [7, 11) is 0. The lowest BCUT2D eigenvalue weighted by atomic mass is 10.1. The van der Waals surface area contributed by atoms with Crippen LogP contribution in [0, 0.1) is 10.1 Å². The van der Waals surface area contributed by atoms with Gasteiger partial charge in [0, 0.05) is 11.1 Å². The van der Waals surface area contributed by atoms with Gasteiger partial charge in [-0.15, -0.1) is 0 Å². The Morgan fingerprint density at radius 2 is 2.05 bits per heavy atom. The number of nitrogens with two attached hydrogens (primary N) is 1. The molecule has 1 unspecified atom stereocenters. The molecule has 1 atom stereocenters. The first-order valence-corrected chi connectivity index (χ1v) is 6.28. The van der Waals surface area contributed by atoms with Gasteiger partial charge in [0.1, 0.15) is 5.82 Å². The molecule has 0 aliphatic heterocycles. The molecule has 1 aromatic carbocycles. The number of benzene rings is 1. The topological polar surface area (TPSA) is 94.1 Å². The maximum Gasteiger partial charge on any atom is 0.311 e. The molecule has 0 bridgehead atoms. The first-order valence-electron chi connectivity index (χ1n) is 5.91. The van der Waals surface area contributed by atoms with E-state index in [2.05, 4.69) is 10.3 Å². The highest BCUT2D eigenvalue weighted by atomic mass is 35.5. The summed E-state index contributed by atoms with van der Waals surface area (Å²) < 4.78 is 0. The third-order valence-electron chi connectivity index (χ3n) is 2.82. The Hall–Kier alpha value is -2.34. The lowest BCUT2D eigenvalue weighted by Crippen LogP contribution is -2.11. The van der Waals surface area contributed by atoms with E-state index in [4.69, 9.17) is 17.3 Å². The second-order valence-electron chi connectivity index (χ2n) is 4.25. The smallest absolute Gasteiger partial charge is 0.311 e. The number of nitrogens with zero attached hydrogens (tertiary/aromatic N) is 2. The monoisotopic (exact) mass is 292 g/mol. The summed E-state index contributed by atoms with van der Waals surface area (Å²) in [6.45, 7) is 1.84. The van der Waals surface area contributed by atoms with Gasteiger partial charge in [0.2, 0.25) is 5.82 Å². The quantitative estimate of drug-likeness (QED) is 0.665. The zero-order valence-corrected chi connectivity index (χ0v) is 11.5. The summed E-state index contributed by atoms with van der Waals surface area (Å²) >= 11 is 6.10. The van der Waals surface area contributed by atoms with E-state index in [0.29, 0.717) is 5.02 Å². The largest absolute Gasteiger partial charge is 0.384 e. The lowest BCUT2D eigenvalue weighted by molar-refractivity contribution is -0.384. The SMILES string of the molecule is CC(Nc1nc(N)ccc1[N+](=O)[O-])c1ccccc1Cl. The third-order valence-corrected chi connectivity index (χ3v) is 3.16. The fourth-order valence-corrected chi connectivity index (χ4v) is 2.13. The summed E-state index contributed by atoms with van der Waals surface area (Å²) in [6, 6.07) is 9.75. The van der Waals surface area contributed by atoms with Gasteiger partial charge in [-0.05, 0) is 24.6 Å². The molecule has 0 fully saturated rings. The molecule has 2 rings (SSSR count). The van der Waals surface area contributed by atoms with Crippen molar-refractivity contribution in [3.05, 3.63) is 57.1 Å². The van der Waals surface area contributed by atoms with Gasteiger partial charge in [-0.1, -0.05) is 29.8 Å². The van der Waals surface area contributed by atoms with E-state index in [-0.39, 0.29) is 23.4 Å². The number of nitro groups is 1. The molecule has 0 radical (unpaired) electrons. The van der Waals surface area contributed by atoms with Gasteiger partial charge in [0.15, 0.2) is 0 Å². The van der Waals surface area contributed by atoms with E-state index in [9.17, 15) is 10.1 Å². The molecule has 0 aliphatic rings. The Morgan fingerprint density at radius 1 is 1.35 bits per heavy atom. The molecule has 7 heteroatoms. The van der Waals surface area contributed by atoms with Gasteiger partial charge < -0.3 is 11.1 Å². The van der Waals surface area contributed by atoms with Crippen LogP contribution in [-0.4, -0.2) is 9.91 Å². The molecule has 0 saturated carbocycles. The fourth-order valence-electron chi connectivity index (χ4n) is 1.83. The Kier molecular flexibility index (Phi) is 4.05. The molecule has 6 nitrogen and oxygen atoms in total. The van der Waals surface area contributed by atoms with Crippen molar-refractivity contribution >= 4 is 28.9 Å². The second-order valence-corrected chi connectivity index (χ2v) is 4.66. The Labute approximate surface area is 120 Å². The Bertz CT molecular complexity index is 648. The molecule has 0 saturated heterocycles. The summed E-state index contributed by atoms with van der Waals surface area (Å²) in [5.41, 5.74) is 6.27. The summed E-state index contributed by atoms with van der Waals surface area (Å²) in [5, 5.41) is 14.5. The van der Waals surface area contributed by atoms with E-state index < -0.39 is 4.92 Å². The molecule has 20 heavy (non-hydrogen) atoms. The predicted molar refractivity (Wildman–Crippen MR) is 78.8 cm³/mol. The van der Waals surface area contributed by atoms with Crippen molar-refractivity contribution in [1.82, 2.24) is 4.98 Å². The maximum absolute atomic E-state index is 11.0. The number of hydrogen-bond acceptors (Lipinski definition) is 5. The Balaban J connectivity index is 2.32. The van der Waals surface area contributed by atoms with Crippen LogP contribution in [0.3, 0.4) is 0 Å². The number of halogens is 1. The van der Waals surface area contributed by atoms with Crippen molar-refractivity contribution in [2.24, 2.45) is 0 Å². The van der Waals surface area contributed by atoms with Crippen LogP contribution in [0.2, 0.25) is 5.02 Å². The maximum atomic E-state index is 11.0. The number of pyridine rings is 1. The molecule has 0 aliphatic carbocycles. The highest BCUT2D eigenvalue weighted by Gasteiger charge is 2.18. The highest BCUT2D eigenvalue weighted by molar-refractivity contribution is 6.31. The molecular formula is C13H13ClN4O2. The van der Waals surface area contributed by atoms with Crippen LogP contribution in [0.25, 0.3) is 0 Å². The molecular weight excluding hydrogens is 280 g/mol. The van der Waals surface area contributed by atoms with Gasteiger partial charge in [-0.3, -0.25) is 10.1 Å². The predicted octanol–water partition coefficient (Wildman–Crippen LogP) is 3.40. The average Bonchev–Trinajstić information content (AvgIpc) is 2.38. The fraction of sp³-hybridized carbons (Fsp3) is 0.154. The van der Waals surface area contributed by atoms with Crippen molar-refractivity contribution < 1.29 is 4.92 Å². The number of rotatable bonds is 4. The zero-order chi connectivity index (χ0) is 14.7. The van der Waals surface area contributed by atoms with Crippen molar-refractivity contribution in [2.45, 2.75) is 13.0 Å².